The van der Waals surface area contributed by atoms with Crippen LogP contribution in [0.1, 0.15) is 41.6 Å². The summed E-state index contributed by atoms with van der Waals surface area (Å²) in [5.41, 5.74) is 6.24. The van der Waals surface area contributed by atoms with Gasteiger partial charge >= 0.3 is 0 Å². The highest BCUT2D eigenvalue weighted by Crippen LogP contribution is 2.28. The number of rotatable bonds is 4. The lowest BCUT2D eigenvalue weighted by atomic mass is 10.00. The maximum absolute atomic E-state index is 12.7. The van der Waals surface area contributed by atoms with Gasteiger partial charge in [0.05, 0.1) is 4.90 Å². The molecule has 7 heteroatoms. The summed E-state index contributed by atoms with van der Waals surface area (Å²) in [5.74, 6) is -0.612. The smallest absolute Gasteiger partial charge is 0.249 e. The highest BCUT2D eigenvalue weighted by atomic mass is 32.2. The number of amides is 1. The average Bonchev–Trinajstić information content (AvgIpc) is 2.90. The van der Waals surface area contributed by atoms with Crippen molar-refractivity contribution < 1.29 is 13.2 Å². The van der Waals surface area contributed by atoms with Crippen LogP contribution in [0.3, 0.4) is 0 Å². The Morgan fingerprint density at radius 3 is 2.78 bits per heavy atom. The fraction of sp³-hybridized carbons (Fsp3) is 0.562. The van der Waals surface area contributed by atoms with E-state index in [9.17, 15) is 13.2 Å². The van der Waals surface area contributed by atoms with Gasteiger partial charge in [0.25, 0.3) is 0 Å². The summed E-state index contributed by atoms with van der Waals surface area (Å²) in [7, 11) is -3.65. The van der Waals surface area contributed by atoms with Gasteiger partial charge in [-0.1, -0.05) is 12.5 Å². The van der Waals surface area contributed by atoms with Crippen molar-refractivity contribution in [2.24, 2.45) is 5.73 Å². The lowest BCUT2D eigenvalue weighted by molar-refractivity contribution is 0.0999. The first kappa shape index (κ1) is 16.4. The van der Waals surface area contributed by atoms with E-state index in [1.54, 1.807) is 13.0 Å². The maximum Gasteiger partial charge on any atom is 0.249 e. The van der Waals surface area contributed by atoms with Gasteiger partial charge in [-0.15, -0.1) is 0 Å². The zero-order valence-electron chi connectivity index (χ0n) is 13.3. The molecule has 2 fully saturated rings. The predicted molar refractivity (Wildman–Crippen MR) is 87.6 cm³/mol. The highest BCUT2D eigenvalue weighted by Gasteiger charge is 2.37. The summed E-state index contributed by atoms with van der Waals surface area (Å²) in [6.45, 7) is 3.73. The molecule has 2 heterocycles. The monoisotopic (exact) mass is 337 g/mol. The Labute approximate surface area is 137 Å². The molecule has 126 valence electrons. The van der Waals surface area contributed by atoms with Crippen molar-refractivity contribution in [3.05, 3.63) is 29.3 Å². The molecule has 3 N–H and O–H groups in total. The largest absolute Gasteiger partial charge is 0.366 e. The van der Waals surface area contributed by atoms with Gasteiger partial charge in [0.2, 0.25) is 15.9 Å². The highest BCUT2D eigenvalue weighted by molar-refractivity contribution is 7.89. The molecule has 2 aliphatic heterocycles. The lowest BCUT2D eigenvalue weighted by Crippen LogP contribution is -2.46. The molecule has 2 saturated heterocycles. The summed E-state index contributed by atoms with van der Waals surface area (Å²) in [6.07, 6.45) is 4.21. The van der Waals surface area contributed by atoms with Crippen LogP contribution >= 0.6 is 0 Å². The third kappa shape index (κ3) is 3.27. The van der Waals surface area contributed by atoms with Crippen LogP contribution in [0.4, 0.5) is 0 Å². The maximum atomic E-state index is 12.7. The summed E-state index contributed by atoms with van der Waals surface area (Å²) in [4.78, 5) is 13.9. The van der Waals surface area contributed by atoms with Crippen LogP contribution in [0.15, 0.2) is 23.1 Å². The van der Waals surface area contributed by atoms with Crippen molar-refractivity contribution >= 4 is 15.9 Å². The van der Waals surface area contributed by atoms with Gasteiger partial charge in [-0.2, -0.15) is 0 Å². The van der Waals surface area contributed by atoms with Crippen molar-refractivity contribution in [2.75, 3.05) is 13.1 Å². The SMILES string of the molecule is Cc1ccc(S(=O)(=O)N[C@@H]2CCN3CCCC[C@H]23)cc1C(N)=O. The topological polar surface area (TPSA) is 92.5 Å². The van der Waals surface area contributed by atoms with E-state index in [1.165, 1.54) is 18.6 Å². The molecule has 0 aliphatic carbocycles. The number of carbonyl (C=O) groups excluding carboxylic acids is 1. The molecule has 1 aromatic rings. The molecule has 1 aromatic carbocycles. The molecule has 0 radical (unpaired) electrons. The van der Waals surface area contributed by atoms with Crippen LogP contribution in [0.5, 0.6) is 0 Å². The number of primary amides is 1. The minimum atomic E-state index is -3.65. The van der Waals surface area contributed by atoms with Crippen molar-refractivity contribution in [3.63, 3.8) is 0 Å². The summed E-state index contributed by atoms with van der Waals surface area (Å²) < 4.78 is 28.2. The quantitative estimate of drug-likeness (QED) is 0.857. The van der Waals surface area contributed by atoms with Gasteiger partial charge in [-0.25, -0.2) is 13.1 Å². The fourth-order valence-electron chi connectivity index (χ4n) is 3.69. The van der Waals surface area contributed by atoms with Gasteiger partial charge < -0.3 is 5.73 Å². The third-order valence-corrected chi connectivity index (χ3v) is 6.43. The van der Waals surface area contributed by atoms with Gasteiger partial charge in [0.15, 0.2) is 0 Å². The zero-order valence-corrected chi connectivity index (χ0v) is 14.1. The number of aryl methyl sites for hydroxylation is 1. The molecule has 0 unspecified atom stereocenters. The number of nitrogens with two attached hydrogens (primary N) is 1. The van der Waals surface area contributed by atoms with E-state index in [4.69, 9.17) is 5.73 Å². The van der Waals surface area contributed by atoms with E-state index in [-0.39, 0.29) is 16.5 Å². The van der Waals surface area contributed by atoms with Gasteiger partial charge in [0.1, 0.15) is 0 Å². The third-order valence-electron chi connectivity index (χ3n) is 4.95. The zero-order chi connectivity index (χ0) is 16.6. The molecule has 0 bridgehead atoms. The molecule has 2 atom stereocenters. The fourth-order valence-corrected chi connectivity index (χ4v) is 5.02. The summed E-state index contributed by atoms with van der Waals surface area (Å²) in [6, 6.07) is 4.75. The first-order valence-corrected chi connectivity index (χ1v) is 9.53. The number of fused-ring (bicyclic) bond motifs is 1. The van der Waals surface area contributed by atoms with Crippen molar-refractivity contribution in [1.29, 1.82) is 0 Å². The van der Waals surface area contributed by atoms with Gasteiger partial charge in [-0.05, 0) is 50.4 Å². The van der Waals surface area contributed by atoms with E-state index in [0.29, 0.717) is 11.6 Å². The Kier molecular flexibility index (Phi) is 4.44. The van der Waals surface area contributed by atoms with Crippen molar-refractivity contribution in [1.82, 2.24) is 9.62 Å². The van der Waals surface area contributed by atoms with E-state index >= 15 is 0 Å². The van der Waals surface area contributed by atoms with E-state index in [2.05, 4.69) is 9.62 Å². The van der Waals surface area contributed by atoms with Crippen molar-refractivity contribution in [2.45, 2.75) is 49.6 Å². The number of sulfonamides is 1. The van der Waals surface area contributed by atoms with E-state index < -0.39 is 15.9 Å². The lowest BCUT2D eigenvalue weighted by Gasteiger charge is -2.32. The number of hydrogen-bond donors (Lipinski definition) is 2. The molecule has 6 nitrogen and oxygen atoms in total. The number of carbonyl (C=O) groups is 1. The first-order valence-electron chi connectivity index (χ1n) is 8.05. The van der Waals surface area contributed by atoms with Crippen LogP contribution in [-0.2, 0) is 10.0 Å². The minimum Gasteiger partial charge on any atom is -0.366 e. The van der Waals surface area contributed by atoms with E-state index in [1.807, 2.05) is 0 Å². The van der Waals surface area contributed by atoms with Crippen LogP contribution < -0.4 is 10.5 Å². The van der Waals surface area contributed by atoms with Crippen LogP contribution in [0.25, 0.3) is 0 Å². The Morgan fingerprint density at radius 1 is 1.26 bits per heavy atom. The molecule has 0 aromatic heterocycles. The minimum absolute atomic E-state index is 0.0568. The molecule has 0 saturated carbocycles. The Bertz CT molecular complexity index is 717. The van der Waals surface area contributed by atoms with Gasteiger partial charge in [-0.3, -0.25) is 9.69 Å². The molecule has 3 rings (SSSR count). The van der Waals surface area contributed by atoms with Crippen molar-refractivity contribution in [3.8, 4) is 0 Å². The second-order valence-corrected chi connectivity index (χ2v) is 8.17. The second-order valence-electron chi connectivity index (χ2n) is 6.46. The molecule has 23 heavy (non-hydrogen) atoms. The second kappa shape index (κ2) is 6.22. The van der Waals surface area contributed by atoms with Gasteiger partial charge in [0, 0.05) is 24.2 Å². The number of piperidine rings is 1. The first-order chi connectivity index (χ1) is 10.9. The summed E-state index contributed by atoms with van der Waals surface area (Å²) in [5, 5.41) is 0. The predicted octanol–water partition coefficient (Wildman–Crippen LogP) is 0.999. The van der Waals surface area contributed by atoms with Crippen LogP contribution in [0, 0.1) is 6.92 Å². The Hall–Kier alpha value is -1.44. The summed E-state index contributed by atoms with van der Waals surface area (Å²) >= 11 is 0. The van der Waals surface area contributed by atoms with Crippen LogP contribution in [0.2, 0.25) is 0 Å². The molecular formula is C16H23N3O3S. The number of hydrogen-bond acceptors (Lipinski definition) is 4. The molecule has 0 spiro atoms. The average molecular weight is 337 g/mol. The Balaban J connectivity index is 1.82. The number of benzene rings is 1. The molecule has 2 aliphatic rings. The number of nitrogens with zero attached hydrogens (tertiary/aromatic N) is 1. The standard InChI is InChI=1S/C16H23N3O3S/c1-11-5-6-12(10-13(11)16(17)20)23(21,22)18-14-7-9-19-8-3-2-4-15(14)19/h5-6,10,14-15,18H,2-4,7-9H2,1H3,(H2,17,20)/t14-,15-/m1/s1. The van der Waals surface area contributed by atoms with E-state index in [0.717, 1.165) is 32.4 Å². The normalized spacial score (nSPS) is 25.3. The van der Waals surface area contributed by atoms with Crippen LogP contribution in [-0.4, -0.2) is 44.4 Å². The molecular weight excluding hydrogens is 314 g/mol. The molecule has 1 amide bonds. The number of nitrogens with one attached hydrogen (secondary N) is 1. The Morgan fingerprint density at radius 2 is 2.04 bits per heavy atom.